The van der Waals surface area contributed by atoms with Crippen molar-refractivity contribution < 1.29 is 14.6 Å². The predicted octanol–water partition coefficient (Wildman–Crippen LogP) is 3.50. The molecule has 0 radical (unpaired) electrons. The molecule has 3 nitrogen and oxygen atoms in total. The first-order chi connectivity index (χ1) is 8.74. The van der Waals surface area contributed by atoms with Crippen molar-refractivity contribution in [3.8, 4) is 5.75 Å². The number of hydrogen-bond donors (Lipinski definition) is 1. The lowest BCUT2D eigenvalue weighted by atomic mass is 9.98. The zero-order valence-electron chi connectivity index (χ0n) is 10.3. The van der Waals surface area contributed by atoms with Crippen LogP contribution in [-0.4, -0.2) is 17.2 Å². The lowest BCUT2D eigenvalue weighted by Crippen LogP contribution is -2.19. The summed E-state index contributed by atoms with van der Waals surface area (Å²) in [6.45, 7) is 0. The SMILES string of the molecule is O=C(O)C=Cc1ccc(OC2CCCCC2)cc1. The van der Waals surface area contributed by atoms with E-state index in [1.165, 1.54) is 19.3 Å². The van der Waals surface area contributed by atoms with Gasteiger partial charge in [-0.25, -0.2) is 4.79 Å². The molecule has 0 atom stereocenters. The van der Waals surface area contributed by atoms with Gasteiger partial charge >= 0.3 is 5.97 Å². The van der Waals surface area contributed by atoms with Crippen molar-refractivity contribution >= 4 is 12.0 Å². The summed E-state index contributed by atoms with van der Waals surface area (Å²) in [4.78, 5) is 10.4. The summed E-state index contributed by atoms with van der Waals surface area (Å²) >= 11 is 0. The quantitative estimate of drug-likeness (QED) is 0.827. The second-order valence-electron chi connectivity index (χ2n) is 4.62. The molecule has 1 aromatic carbocycles. The first kappa shape index (κ1) is 12.7. The molecule has 0 aromatic heterocycles. The minimum atomic E-state index is -0.933. The van der Waals surface area contributed by atoms with Gasteiger partial charge in [-0.2, -0.15) is 0 Å². The fraction of sp³-hybridized carbons (Fsp3) is 0.400. The molecule has 0 spiro atoms. The zero-order valence-corrected chi connectivity index (χ0v) is 10.3. The van der Waals surface area contributed by atoms with Gasteiger partial charge < -0.3 is 9.84 Å². The maximum absolute atomic E-state index is 10.4. The Morgan fingerprint density at radius 3 is 2.44 bits per heavy atom. The van der Waals surface area contributed by atoms with Gasteiger partial charge in [0, 0.05) is 6.08 Å². The molecule has 1 N–H and O–H groups in total. The molecule has 18 heavy (non-hydrogen) atoms. The van der Waals surface area contributed by atoms with Gasteiger partial charge in [0.05, 0.1) is 6.10 Å². The van der Waals surface area contributed by atoms with E-state index in [0.29, 0.717) is 6.10 Å². The van der Waals surface area contributed by atoms with E-state index in [1.54, 1.807) is 6.08 Å². The van der Waals surface area contributed by atoms with Crippen molar-refractivity contribution in [2.24, 2.45) is 0 Å². The van der Waals surface area contributed by atoms with Gasteiger partial charge in [0.2, 0.25) is 0 Å². The fourth-order valence-corrected chi connectivity index (χ4v) is 2.20. The molecule has 0 unspecified atom stereocenters. The first-order valence-electron chi connectivity index (χ1n) is 6.42. The molecule has 0 aliphatic heterocycles. The van der Waals surface area contributed by atoms with E-state index in [9.17, 15) is 4.79 Å². The Kier molecular flexibility index (Phi) is 4.40. The summed E-state index contributed by atoms with van der Waals surface area (Å²) < 4.78 is 5.90. The lowest BCUT2D eigenvalue weighted by Gasteiger charge is -2.22. The topological polar surface area (TPSA) is 46.5 Å². The van der Waals surface area contributed by atoms with Crippen LogP contribution in [0.2, 0.25) is 0 Å². The van der Waals surface area contributed by atoms with Crippen molar-refractivity contribution in [2.45, 2.75) is 38.2 Å². The van der Waals surface area contributed by atoms with E-state index >= 15 is 0 Å². The Morgan fingerprint density at radius 2 is 1.83 bits per heavy atom. The molecule has 3 heteroatoms. The monoisotopic (exact) mass is 246 g/mol. The highest BCUT2D eigenvalue weighted by atomic mass is 16.5. The van der Waals surface area contributed by atoms with Crippen LogP contribution in [0.15, 0.2) is 30.3 Å². The van der Waals surface area contributed by atoms with Crippen LogP contribution in [-0.2, 0) is 4.79 Å². The van der Waals surface area contributed by atoms with Crippen LogP contribution < -0.4 is 4.74 Å². The maximum atomic E-state index is 10.4. The summed E-state index contributed by atoms with van der Waals surface area (Å²) in [5.41, 5.74) is 0.869. The number of benzene rings is 1. The highest BCUT2D eigenvalue weighted by Crippen LogP contribution is 2.23. The summed E-state index contributed by atoms with van der Waals surface area (Å²) in [6, 6.07) is 7.54. The van der Waals surface area contributed by atoms with Gasteiger partial charge in [0.25, 0.3) is 0 Å². The summed E-state index contributed by atoms with van der Waals surface area (Å²) in [6.07, 6.45) is 9.16. The maximum Gasteiger partial charge on any atom is 0.328 e. The first-order valence-corrected chi connectivity index (χ1v) is 6.42. The Balaban J connectivity index is 1.92. The molecule has 1 fully saturated rings. The normalized spacial score (nSPS) is 16.9. The van der Waals surface area contributed by atoms with E-state index in [4.69, 9.17) is 9.84 Å². The summed E-state index contributed by atoms with van der Waals surface area (Å²) in [5.74, 6) is -0.0630. The van der Waals surface area contributed by atoms with Crippen LogP contribution in [0.4, 0.5) is 0 Å². The highest BCUT2D eigenvalue weighted by Gasteiger charge is 2.14. The largest absolute Gasteiger partial charge is 0.490 e. The number of aliphatic carboxylic acids is 1. The number of carboxylic acids is 1. The summed E-state index contributed by atoms with van der Waals surface area (Å²) in [7, 11) is 0. The number of hydrogen-bond acceptors (Lipinski definition) is 2. The average molecular weight is 246 g/mol. The minimum Gasteiger partial charge on any atom is -0.490 e. The van der Waals surface area contributed by atoms with Gasteiger partial charge in [-0.05, 0) is 49.5 Å². The van der Waals surface area contributed by atoms with Crippen molar-refractivity contribution in [1.29, 1.82) is 0 Å². The number of rotatable bonds is 4. The molecular weight excluding hydrogens is 228 g/mol. The smallest absolute Gasteiger partial charge is 0.328 e. The molecule has 96 valence electrons. The Hall–Kier alpha value is -1.77. The van der Waals surface area contributed by atoms with Crippen molar-refractivity contribution in [2.75, 3.05) is 0 Å². The highest BCUT2D eigenvalue weighted by molar-refractivity contribution is 5.85. The standard InChI is InChI=1S/C15H18O3/c16-15(17)11-8-12-6-9-14(10-7-12)18-13-4-2-1-3-5-13/h6-11,13H,1-5H2,(H,16,17). The van der Waals surface area contributed by atoms with Crippen LogP contribution in [0.25, 0.3) is 6.08 Å². The number of carbonyl (C=O) groups is 1. The van der Waals surface area contributed by atoms with Crippen molar-refractivity contribution in [3.05, 3.63) is 35.9 Å². The second kappa shape index (κ2) is 6.24. The molecule has 0 amide bonds. The van der Waals surface area contributed by atoms with E-state index < -0.39 is 5.97 Å². The molecule has 1 aliphatic carbocycles. The fourth-order valence-electron chi connectivity index (χ4n) is 2.20. The second-order valence-corrected chi connectivity index (χ2v) is 4.62. The molecular formula is C15H18O3. The van der Waals surface area contributed by atoms with Crippen LogP contribution >= 0.6 is 0 Å². The third kappa shape index (κ3) is 3.91. The van der Waals surface area contributed by atoms with Crippen LogP contribution in [0.5, 0.6) is 5.75 Å². The molecule has 1 aromatic rings. The van der Waals surface area contributed by atoms with Crippen LogP contribution in [0.1, 0.15) is 37.7 Å². The van der Waals surface area contributed by atoms with Gasteiger partial charge in [-0.1, -0.05) is 18.6 Å². The zero-order chi connectivity index (χ0) is 12.8. The van der Waals surface area contributed by atoms with Gasteiger partial charge in [-0.15, -0.1) is 0 Å². The molecule has 1 saturated carbocycles. The molecule has 0 heterocycles. The molecule has 0 bridgehead atoms. The number of carboxylic acid groups (broad SMARTS) is 1. The molecule has 2 rings (SSSR count). The average Bonchev–Trinajstić information content (AvgIpc) is 2.39. The van der Waals surface area contributed by atoms with E-state index in [1.807, 2.05) is 24.3 Å². The predicted molar refractivity (Wildman–Crippen MR) is 70.6 cm³/mol. The van der Waals surface area contributed by atoms with E-state index in [2.05, 4.69) is 0 Å². The van der Waals surface area contributed by atoms with E-state index in [0.717, 1.165) is 30.2 Å². The summed E-state index contributed by atoms with van der Waals surface area (Å²) in [5, 5.41) is 8.53. The van der Waals surface area contributed by atoms with Crippen molar-refractivity contribution in [1.82, 2.24) is 0 Å². The van der Waals surface area contributed by atoms with Crippen molar-refractivity contribution in [3.63, 3.8) is 0 Å². The lowest BCUT2D eigenvalue weighted by molar-refractivity contribution is -0.131. The third-order valence-electron chi connectivity index (χ3n) is 3.15. The van der Waals surface area contributed by atoms with E-state index in [-0.39, 0.29) is 0 Å². The Morgan fingerprint density at radius 1 is 1.17 bits per heavy atom. The van der Waals surface area contributed by atoms with Gasteiger partial charge in [-0.3, -0.25) is 0 Å². The Labute approximate surface area is 107 Å². The minimum absolute atomic E-state index is 0.346. The van der Waals surface area contributed by atoms with Crippen LogP contribution in [0, 0.1) is 0 Å². The van der Waals surface area contributed by atoms with Gasteiger partial charge in [0.1, 0.15) is 5.75 Å². The molecule has 1 aliphatic rings. The number of ether oxygens (including phenoxy) is 1. The van der Waals surface area contributed by atoms with Gasteiger partial charge in [0.15, 0.2) is 0 Å². The molecule has 0 saturated heterocycles. The third-order valence-corrected chi connectivity index (χ3v) is 3.15. The van der Waals surface area contributed by atoms with Crippen LogP contribution in [0.3, 0.4) is 0 Å². The Bertz CT molecular complexity index is 414.